The van der Waals surface area contributed by atoms with E-state index in [0.717, 1.165) is 123 Å². The molecule has 0 N–H and O–H groups in total. The van der Waals surface area contributed by atoms with Gasteiger partial charge in [-0.05, 0) is 170 Å². The lowest BCUT2D eigenvalue weighted by Crippen LogP contribution is -2.65. The van der Waals surface area contributed by atoms with Gasteiger partial charge in [-0.3, -0.25) is 0 Å². The number of anilines is 15. The summed E-state index contributed by atoms with van der Waals surface area (Å²) in [5.41, 5.74) is 19.5. The Bertz CT molecular complexity index is 5620. The molecule has 0 saturated carbocycles. The monoisotopic (exact) mass is 1350 g/mol. The van der Waals surface area contributed by atoms with Crippen LogP contribution in [0.3, 0.4) is 0 Å². The topological polar surface area (TPSA) is 16.2 Å². The lowest BCUT2D eigenvalue weighted by atomic mass is 9.31. The van der Waals surface area contributed by atoms with Gasteiger partial charge in [0.05, 0.1) is 22.6 Å². The van der Waals surface area contributed by atoms with Crippen LogP contribution in [-0.4, -0.2) is 13.4 Å². The van der Waals surface area contributed by atoms with Gasteiger partial charge in [0, 0.05) is 83.6 Å². The third-order valence-corrected chi connectivity index (χ3v) is 21.7. The quantitative estimate of drug-likeness (QED) is 0.0889. The molecule has 15 aromatic rings. The first-order valence-corrected chi connectivity index (χ1v) is 35.4. The summed E-state index contributed by atoms with van der Waals surface area (Å²) in [6.07, 6.45) is -4.92. The maximum Gasteiger partial charge on any atom is 0.418 e. The molecule has 4 heterocycles. The van der Waals surface area contributed by atoms with E-state index < -0.39 is 31.0 Å². The zero-order chi connectivity index (χ0) is 68.9. The number of fused-ring (bicyclic) bond motifs is 8. The van der Waals surface area contributed by atoms with Gasteiger partial charge in [-0.15, -0.1) is 0 Å². The minimum atomic E-state index is -4.92. The first-order chi connectivity index (χ1) is 50.7. The highest BCUT2D eigenvalue weighted by atomic mass is 32.2. The molecule has 15 aromatic carbocycles. The van der Waals surface area contributed by atoms with Gasteiger partial charge in [-0.1, -0.05) is 260 Å². The molecule has 0 unspecified atom stereocenters. The van der Waals surface area contributed by atoms with Crippen LogP contribution in [0.25, 0.3) is 33.4 Å². The maximum atomic E-state index is 21.0. The fraction of sp³-hybridized carbons (Fsp3) is 0.0110. The number of halogens is 4. The van der Waals surface area contributed by atoms with E-state index in [9.17, 15) is 0 Å². The van der Waals surface area contributed by atoms with E-state index in [1.165, 1.54) is 17.8 Å². The zero-order valence-corrected chi connectivity index (χ0v) is 56.2. The van der Waals surface area contributed by atoms with E-state index in [2.05, 4.69) is 189 Å². The predicted octanol–water partition coefficient (Wildman–Crippen LogP) is 21.6. The summed E-state index contributed by atoms with van der Waals surface area (Å²) in [5.74, 6) is -0.623. The van der Waals surface area contributed by atoms with Crippen LogP contribution < -0.4 is 57.3 Å². The van der Waals surface area contributed by atoms with Gasteiger partial charge in [-0.2, -0.15) is 13.2 Å². The molecule has 5 nitrogen and oxygen atoms in total. The Morgan fingerprint density at radius 1 is 0.291 bits per heavy atom. The highest BCUT2D eigenvalue weighted by molar-refractivity contribution is 8.00. The van der Waals surface area contributed by atoms with Gasteiger partial charge in [0.25, 0.3) is 6.71 Å². The number of para-hydroxylation sites is 7. The summed E-state index contributed by atoms with van der Waals surface area (Å²) in [7, 11) is 0. The van der Waals surface area contributed by atoms with Crippen LogP contribution in [0, 0.1) is 5.82 Å². The normalized spacial score (nSPS) is 12.9. The van der Waals surface area contributed by atoms with Crippen molar-refractivity contribution in [2.24, 2.45) is 0 Å². The summed E-state index contributed by atoms with van der Waals surface area (Å²) in [5, 5.41) is 0. The van der Waals surface area contributed by atoms with Crippen LogP contribution in [0.15, 0.2) is 368 Å². The Balaban J connectivity index is 0.913. The molecule has 4 aliphatic rings. The molecule has 0 aliphatic carbocycles. The van der Waals surface area contributed by atoms with Crippen LogP contribution in [0.4, 0.5) is 103 Å². The first kappa shape index (κ1) is 61.6. The van der Waals surface area contributed by atoms with Gasteiger partial charge in [0.15, 0.2) is 5.82 Å². The molecule has 4 aliphatic heterocycles. The first-order valence-electron chi connectivity index (χ1n) is 34.6. The Morgan fingerprint density at radius 3 is 1.17 bits per heavy atom. The van der Waals surface area contributed by atoms with Crippen molar-refractivity contribution in [1.82, 2.24) is 0 Å². The number of benzene rings is 15. The minimum Gasteiger partial charge on any atom is -0.311 e. The van der Waals surface area contributed by atoms with Gasteiger partial charge >= 0.3 is 6.18 Å². The SMILES string of the molecule is Fc1c2c(cc3c1N(c1c(-c4ccccc4)cccc1C(F)(F)F)c1cc(N(c4ccccc4)c4ccccc4)cc4c1B3c1ccccc1N4c1ccccc1)B1c3ccccc3N(c3ccccc3)c3cc(N(c4ccc(-c5ccccc5)cc4)c4ccc(-c5ccccc5)cc4)cc(c31)S2. The zero-order valence-electron chi connectivity index (χ0n) is 55.4. The van der Waals surface area contributed by atoms with Gasteiger partial charge in [0.1, 0.15) is 0 Å². The largest absolute Gasteiger partial charge is 0.418 e. The van der Waals surface area contributed by atoms with E-state index in [1.54, 1.807) is 11.0 Å². The van der Waals surface area contributed by atoms with Gasteiger partial charge < -0.3 is 24.5 Å². The van der Waals surface area contributed by atoms with Crippen LogP contribution in [0.5, 0.6) is 0 Å². The third-order valence-electron chi connectivity index (χ3n) is 20.5. The van der Waals surface area contributed by atoms with Crippen molar-refractivity contribution in [3.8, 4) is 33.4 Å². The summed E-state index contributed by atoms with van der Waals surface area (Å²) in [6, 6.07) is 120. The molecule has 0 bridgehead atoms. The third kappa shape index (κ3) is 10.3. The van der Waals surface area contributed by atoms with Crippen LogP contribution in [-0.2, 0) is 6.18 Å². The smallest absolute Gasteiger partial charge is 0.311 e. The molecule has 19 rings (SSSR count). The summed E-state index contributed by atoms with van der Waals surface area (Å²) in [4.78, 5) is 11.8. The number of nitrogens with zero attached hydrogens (tertiary/aromatic N) is 5. The Labute approximate surface area is 600 Å². The van der Waals surface area contributed by atoms with Crippen molar-refractivity contribution in [3.63, 3.8) is 0 Å². The fourth-order valence-electron chi connectivity index (χ4n) is 16.2. The molecule has 0 saturated heterocycles. The molecule has 0 atom stereocenters. The van der Waals surface area contributed by atoms with Crippen molar-refractivity contribution >= 4 is 143 Å². The number of alkyl halides is 3. The molecule has 0 amide bonds. The van der Waals surface area contributed by atoms with Gasteiger partial charge in [-0.25, -0.2) is 4.39 Å². The number of hydrogen-bond donors (Lipinski definition) is 0. The van der Waals surface area contributed by atoms with Crippen molar-refractivity contribution in [2.45, 2.75) is 16.0 Å². The molecular weight excluding hydrogens is 1290 g/mol. The second-order valence-electron chi connectivity index (χ2n) is 26.3. The Morgan fingerprint density at radius 2 is 0.680 bits per heavy atom. The molecule has 488 valence electrons. The fourth-order valence-corrected chi connectivity index (χ4v) is 17.4. The van der Waals surface area contributed by atoms with Crippen LogP contribution in [0.2, 0.25) is 0 Å². The second-order valence-corrected chi connectivity index (χ2v) is 27.4. The van der Waals surface area contributed by atoms with Crippen LogP contribution in [0.1, 0.15) is 5.56 Å². The number of hydrogen-bond acceptors (Lipinski definition) is 6. The van der Waals surface area contributed by atoms with Crippen molar-refractivity contribution < 1.29 is 17.6 Å². The maximum absolute atomic E-state index is 21.0. The molecule has 12 heteroatoms. The molecular formula is C91H59B2F4N5S. The van der Waals surface area contributed by atoms with E-state index in [1.807, 2.05) is 170 Å². The van der Waals surface area contributed by atoms with Crippen LogP contribution >= 0.6 is 11.8 Å². The Kier molecular flexibility index (Phi) is 14.9. The molecule has 103 heavy (non-hydrogen) atoms. The van der Waals surface area contributed by atoms with E-state index in [4.69, 9.17) is 0 Å². The lowest BCUT2D eigenvalue weighted by Gasteiger charge is -2.47. The van der Waals surface area contributed by atoms with E-state index in [-0.39, 0.29) is 11.4 Å². The van der Waals surface area contributed by atoms with E-state index in [0.29, 0.717) is 32.9 Å². The molecule has 0 fully saturated rings. The standard InChI is InChI=1S/C91H59B2F4N5S/c94-87-89-77(59-78-90(87)103-84-58-72(57-83-86(84)93(78)76-44-23-25-46-80(76)101(83)68-39-20-7-21-40-68)99(69-51-47-62(48-52-69)60-27-8-1-9-28-60)70-53-49-63(50-54-70)61-29-10-2-11-30-61)92-75-43-22-24-45-79(75)100(67-37-18-6-19-38-67)81-55-71(98(65-33-14-4-15-34-65)66-35-16-5-17-36-66)56-82(85(81)92)102(89)88-73(64-31-12-3-13-32-64)41-26-42-74(88)91(95,96)97/h1-59H. The van der Waals surface area contributed by atoms with E-state index >= 15 is 17.6 Å². The van der Waals surface area contributed by atoms with Gasteiger partial charge in [0.2, 0.25) is 6.71 Å². The average Bonchev–Trinajstić information content (AvgIpc) is 0.680. The predicted molar refractivity (Wildman–Crippen MR) is 421 cm³/mol. The van der Waals surface area contributed by atoms with Crippen molar-refractivity contribution in [1.29, 1.82) is 0 Å². The molecule has 0 radical (unpaired) electrons. The second kappa shape index (κ2) is 25.0. The summed E-state index contributed by atoms with van der Waals surface area (Å²) >= 11 is 1.35. The summed E-state index contributed by atoms with van der Waals surface area (Å²) in [6.45, 7) is -1.26. The average molecular weight is 1350 g/mol. The highest BCUT2D eigenvalue weighted by Crippen LogP contribution is 2.55. The Hall–Kier alpha value is -12.5. The van der Waals surface area contributed by atoms with Crippen molar-refractivity contribution in [3.05, 3.63) is 369 Å². The minimum absolute atomic E-state index is 0.0446. The number of rotatable bonds is 12. The molecule has 0 aromatic heterocycles. The summed E-state index contributed by atoms with van der Waals surface area (Å²) < 4.78 is 71.9. The lowest BCUT2D eigenvalue weighted by molar-refractivity contribution is -0.137. The molecule has 0 spiro atoms. The van der Waals surface area contributed by atoms with Crippen molar-refractivity contribution in [2.75, 3.05) is 24.5 Å². The highest BCUT2D eigenvalue weighted by Gasteiger charge is 2.51.